The molecular formula is C20H24N2O2. The number of hydrogen-bond acceptors (Lipinski definition) is 3. The van der Waals surface area contributed by atoms with E-state index in [9.17, 15) is 4.79 Å². The van der Waals surface area contributed by atoms with Crippen molar-refractivity contribution in [2.75, 3.05) is 6.61 Å². The van der Waals surface area contributed by atoms with Crippen LogP contribution in [0, 0.1) is 13.8 Å². The van der Waals surface area contributed by atoms with Crippen LogP contribution in [-0.2, 0) is 4.79 Å². The molecule has 0 saturated heterocycles. The third kappa shape index (κ3) is 5.23. The molecule has 0 saturated carbocycles. The zero-order chi connectivity index (χ0) is 17.5. The van der Waals surface area contributed by atoms with E-state index in [0.717, 1.165) is 22.4 Å². The minimum atomic E-state index is -0.283. The van der Waals surface area contributed by atoms with Gasteiger partial charge < -0.3 is 4.74 Å². The number of ether oxygens (including phenoxy) is 1. The summed E-state index contributed by atoms with van der Waals surface area (Å²) in [5.41, 5.74) is 6.80. The van der Waals surface area contributed by atoms with Crippen molar-refractivity contribution >= 4 is 12.1 Å². The number of amides is 1. The summed E-state index contributed by atoms with van der Waals surface area (Å²) >= 11 is 0. The Bertz CT molecular complexity index is 719. The Kier molecular flexibility index (Phi) is 6.13. The lowest BCUT2D eigenvalue weighted by Crippen LogP contribution is -2.25. The summed E-state index contributed by atoms with van der Waals surface area (Å²) in [5.74, 6) is 0.806. The van der Waals surface area contributed by atoms with Gasteiger partial charge in [-0.1, -0.05) is 55.8 Å². The van der Waals surface area contributed by atoms with E-state index < -0.39 is 0 Å². The van der Waals surface area contributed by atoms with E-state index in [0.29, 0.717) is 5.92 Å². The second-order valence-electron chi connectivity index (χ2n) is 6.19. The van der Waals surface area contributed by atoms with Gasteiger partial charge in [0.2, 0.25) is 0 Å². The summed E-state index contributed by atoms with van der Waals surface area (Å²) in [4.78, 5) is 11.9. The van der Waals surface area contributed by atoms with Crippen molar-refractivity contribution in [3.8, 4) is 5.75 Å². The van der Waals surface area contributed by atoms with Crippen LogP contribution in [0.3, 0.4) is 0 Å². The lowest BCUT2D eigenvalue weighted by molar-refractivity contribution is -0.123. The first-order valence-electron chi connectivity index (χ1n) is 8.07. The maximum Gasteiger partial charge on any atom is 0.277 e. The van der Waals surface area contributed by atoms with Crippen molar-refractivity contribution < 1.29 is 9.53 Å². The zero-order valence-corrected chi connectivity index (χ0v) is 14.7. The second-order valence-corrected chi connectivity index (χ2v) is 6.19. The molecule has 4 nitrogen and oxygen atoms in total. The van der Waals surface area contributed by atoms with Crippen LogP contribution in [0.15, 0.2) is 47.6 Å². The summed E-state index contributed by atoms with van der Waals surface area (Å²) < 4.78 is 5.67. The van der Waals surface area contributed by atoms with Gasteiger partial charge in [-0.2, -0.15) is 5.10 Å². The zero-order valence-electron chi connectivity index (χ0n) is 14.7. The van der Waals surface area contributed by atoms with Crippen LogP contribution >= 0.6 is 0 Å². The molecule has 1 N–H and O–H groups in total. The monoisotopic (exact) mass is 324 g/mol. The molecule has 0 aliphatic carbocycles. The number of rotatable bonds is 6. The Morgan fingerprint density at radius 2 is 1.79 bits per heavy atom. The summed E-state index contributed by atoms with van der Waals surface area (Å²) in [6.07, 6.45) is 1.61. The number of hydrogen-bond donors (Lipinski definition) is 1. The highest BCUT2D eigenvalue weighted by atomic mass is 16.5. The molecule has 0 fully saturated rings. The van der Waals surface area contributed by atoms with Gasteiger partial charge in [-0.05, 0) is 42.5 Å². The smallest absolute Gasteiger partial charge is 0.277 e. The van der Waals surface area contributed by atoms with E-state index in [1.54, 1.807) is 6.21 Å². The number of carbonyl (C=O) groups is 1. The summed E-state index contributed by atoms with van der Waals surface area (Å²) in [7, 11) is 0. The highest BCUT2D eigenvalue weighted by Gasteiger charge is 2.09. The Morgan fingerprint density at radius 3 is 2.46 bits per heavy atom. The Hall–Kier alpha value is -2.62. The van der Waals surface area contributed by atoms with Crippen molar-refractivity contribution in [3.63, 3.8) is 0 Å². The van der Waals surface area contributed by atoms with Gasteiger partial charge >= 0.3 is 0 Å². The number of carbonyl (C=O) groups excluding carboxylic acids is 1. The van der Waals surface area contributed by atoms with Crippen LogP contribution in [0.25, 0.3) is 0 Å². The predicted molar refractivity (Wildman–Crippen MR) is 97.7 cm³/mol. The second kappa shape index (κ2) is 8.29. The first kappa shape index (κ1) is 17.7. The lowest BCUT2D eigenvalue weighted by Gasteiger charge is -2.14. The topological polar surface area (TPSA) is 50.7 Å². The molecule has 1 amide bonds. The molecule has 0 aliphatic rings. The molecule has 4 heteroatoms. The first-order valence-corrected chi connectivity index (χ1v) is 8.07. The third-order valence-electron chi connectivity index (χ3n) is 3.63. The van der Waals surface area contributed by atoms with E-state index in [1.165, 1.54) is 5.56 Å². The lowest BCUT2D eigenvalue weighted by atomic mass is 10.0. The van der Waals surface area contributed by atoms with Gasteiger partial charge in [0, 0.05) is 0 Å². The van der Waals surface area contributed by atoms with Crippen LogP contribution in [0.4, 0.5) is 0 Å². The number of nitrogens with zero attached hydrogens (tertiary/aromatic N) is 1. The highest BCUT2D eigenvalue weighted by molar-refractivity contribution is 5.82. The van der Waals surface area contributed by atoms with E-state index in [-0.39, 0.29) is 12.5 Å². The van der Waals surface area contributed by atoms with Crippen molar-refractivity contribution in [2.24, 2.45) is 5.10 Å². The minimum Gasteiger partial charge on any atom is -0.483 e. The van der Waals surface area contributed by atoms with Gasteiger partial charge in [0.05, 0.1) is 6.21 Å². The van der Waals surface area contributed by atoms with Gasteiger partial charge in [0.25, 0.3) is 5.91 Å². The third-order valence-corrected chi connectivity index (χ3v) is 3.63. The fourth-order valence-electron chi connectivity index (χ4n) is 2.25. The van der Waals surface area contributed by atoms with Crippen LogP contribution < -0.4 is 10.2 Å². The molecule has 0 unspecified atom stereocenters. The fourth-order valence-corrected chi connectivity index (χ4v) is 2.25. The first-order chi connectivity index (χ1) is 11.5. The van der Waals surface area contributed by atoms with Gasteiger partial charge in [0.15, 0.2) is 6.61 Å². The Labute approximate surface area is 143 Å². The van der Waals surface area contributed by atoms with Gasteiger partial charge in [0.1, 0.15) is 5.75 Å². The SMILES string of the molecule is Cc1ccc(C=NNC(=O)COc2cc(C)ccc2C(C)C)cc1. The normalized spacial score (nSPS) is 11.0. The van der Waals surface area contributed by atoms with E-state index in [4.69, 9.17) is 4.74 Å². The van der Waals surface area contributed by atoms with Gasteiger partial charge in [-0.25, -0.2) is 5.43 Å². The van der Waals surface area contributed by atoms with Gasteiger partial charge in [-0.15, -0.1) is 0 Å². The molecule has 2 aromatic rings. The molecule has 0 aromatic heterocycles. The van der Waals surface area contributed by atoms with E-state index >= 15 is 0 Å². The molecule has 2 rings (SSSR count). The minimum absolute atomic E-state index is 0.0611. The predicted octanol–water partition coefficient (Wildman–Crippen LogP) is 3.96. The van der Waals surface area contributed by atoms with Crippen LogP contribution in [0.5, 0.6) is 5.75 Å². The van der Waals surface area contributed by atoms with E-state index in [2.05, 4.69) is 24.4 Å². The molecule has 0 bridgehead atoms. The number of nitrogens with one attached hydrogen (secondary N) is 1. The molecule has 0 atom stereocenters. The Balaban J connectivity index is 1.89. The molecular weight excluding hydrogens is 300 g/mol. The number of aryl methyl sites for hydroxylation is 2. The van der Waals surface area contributed by atoms with Crippen molar-refractivity contribution in [1.82, 2.24) is 5.43 Å². The molecule has 2 aromatic carbocycles. The van der Waals surface area contributed by atoms with Crippen molar-refractivity contribution in [1.29, 1.82) is 0 Å². The molecule has 0 radical (unpaired) electrons. The average molecular weight is 324 g/mol. The maximum atomic E-state index is 11.9. The largest absolute Gasteiger partial charge is 0.483 e. The molecule has 0 heterocycles. The molecule has 0 spiro atoms. The Morgan fingerprint density at radius 1 is 1.12 bits per heavy atom. The van der Waals surface area contributed by atoms with Crippen LogP contribution in [-0.4, -0.2) is 18.7 Å². The average Bonchev–Trinajstić information content (AvgIpc) is 2.54. The maximum absolute atomic E-state index is 11.9. The molecule has 0 aliphatic heterocycles. The standard InChI is InChI=1S/C20H24N2O2/c1-14(2)18-10-7-16(4)11-19(18)24-13-20(23)22-21-12-17-8-5-15(3)6-9-17/h5-12,14H,13H2,1-4H3,(H,22,23). The summed E-state index contributed by atoms with van der Waals surface area (Å²) in [6.45, 7) is 8.17. The number of hydrazone groups is 1. The molecule has 126 valence electrons. The van der Waals surface area contributed by atoms with Crippen LogP contribution in [0.2, 0.25) is 0 Å². The number of benzene rings is 2. The molecule has 24 heavy (non-hydrogen) atoms. The van der Waals surface area contributed by atoms with Crippen LogP contribution in [0.1, 0.15) is 42.0 Å². The van der Waals surface area contributed by atoms with Gasteiger partial charge in [-0.3, -0.25) is 4.79 Å². The quantitative estimate of drug-likeness (QED) is 0.646. The summed E-state index contributed by atoms with van der Waals surface area (Å²) in [6, 6.07) is 13.9. The highest BCUT2D eigenvalue weighted by Crippen LogP contribution is 2.27. The van der Waals surface area contributed by atoms with Crippen molar-refractivity contribution in [3.05, 3.63) is 64.7 Å². The van der Waals surface area contributed by atoms with E-state index in [1.807, 2.05) is 56.3 Å². The summed E-state index contributed by atoms with van der Waals surface area (Å²) in [5, 5.41) is 3.95. The fraction of sp³-hybridized carbons (Fsp3) is 0.300. The van der Waals surface area contributed by atoms with Crippen molar-refractivity contribution in [2.45, 2.75) is 33.6 Å².